The van der Waals surface area contributed by atoms with Crippen molar-refractivity contribution in [1.29, 1.82) is 0 Å². The Labute approximate surface area is 96.9 Å². The average molecular weight is 222 g/mol. The van der Waals surface area contributed by atoms with Gasteiger partial charge in [-0.3, -0.25) is 0 Å². The second-order valence-electron chi connectivity index (χ2n) is 3.79. The van der Waals surface area contributed by atoms with E-state index >= 15 is 0 Å². The first-order chi connectivity index (χ1) is 7.83. The molecule has 0 N–H and O–H groups in total. The predicted molar refractivity (Wildman–Crippen MR) is 65.0 cm³/mol. The van der Waals surface area contributed by atoms with Crippen molar-refractivity contribution in [2.45, 2.75) is 32.0 Å². The van der Waals surface area contributed by atoms with E-state index in [0.717, 1.165) is 12.8 Å². The quantitative estimate of drug-likeness (QED) is 0.479. The third kappa shape index (κ3) is 5.66. The summed E-state index contributed by atoms with van der Waals surface area (Å²) in [6.07, 6.45) is 2.79. The number of allylic oxidation sites excluding steroid dienone is 1. The Hall–Kier alpha value is -1.15. The standard InChI is InChI=1S/C14H19FO/c1-2-14(15)10-6-7-11-16-12-13-8-4-3-5-9-13/h2-5,8-9,14H,1,6-7,10-12H2/t14-/m1/s1. The van der Waals surface area contributed by atoms with Crippen LogP contribution in [0.15, 0.2) is 43.0 Å². The number of alkyl halides is 1. The van der Waals surface area contributed by atoms with Gasteiger partial charge >= 0.3 is 0 Å². The van der Waals surface area contributed by atoms with Crippen molar-refractivity contribution in [3.63, 3.8) is 0 Å². The zero-order chi connectivity index (χ0) is 11.6. The molecule has 1 nitrogen and oxygen atoms in total. The van der Waals surface area contributed by atoms with E-state index in [1.807, 2.05) is 30.3 Å². The van der Waals surface area contributed by atoms with Gasteiger partial charge in [0.15, 0.2) is 0 Å². The molecule has 88 valence electrons. The molecule has 16 heavy (non-hydrogen) atoms. The smallest absolute Gasteiger partial charge is 0.118 e. The van der Waals surface area contributed by atoms with E-state index in [0.29, 0.717) is 19.6 Å². The number of hydrogen-bond acceptors (Lipinski definition) is 1. The van der Waals surface area contributed by atoms with E-state index in [1.54, 1.807) is 0 Å². The third-order valence-electron chi connectivity index (χ3n) is 2.39. The van der Waals surface area contributed by atoms with E-state index in [4.69, 9.17) is 4.74 Å². The van der Waals surface area contributed by atoms with Crippen LogP contribution in [0.5, 0.6) is 0 Å². The molecule has 0 aromatic heterocycles. The Morgan fingerprint density at radius 1 is 1.25 bits per heavy atom. The highest BCUT2D eigenvalue weighted by atomic mass is 19.1. The van der Waals surface area contributed by atoms with Gasteiger partial charge in [0, 0.05) is 6.61 Å². The Bertz CT molecular complexity index is 284. The van der Waals surface area contributed by atoms with Gasteiger partial charge in [-0.15, -0.1) is 6.58 Å². The second kappa shape index (κ2) is 8.05. The van der Waals surface area contributed by atoms with Crippen molar-refractivity contribution in [1.82, 2.24) is 0 Å². The van der Waals surface area contributed by atoms with Gasteiger partial charge in [-0.05, 0) is 24.8 Å². The molecule has 0 aliphatic carbocycles. The predicted octanol–water partition coefficient (Wildman–Crippen LogP) is 3.90. The first-order valence-corrected chi connectivity index (χ1v) is 5.71. The lowest BCUT2D eigenvalue weighted by atomic mass is 10.2. The molecule has 0 unspecified atom stereocenters. The van der Waals surface area contributed by atoms with Crippen LogP contribution in [-0.4, -0.2) is 12.8 Å². The Balaban J connectivity index is 1.98. The maximum atomic E-state index is 12.7. The topological polar surface area (TPSA) is 9.23 Å². The van der Waals surface area contributed by atoms with E-state index in [2.05, 4.69) is 6.58 Å². The lowest BCUT2D eigenvalue weighted by Gasteiger charge is -2.05. The molecule has 0 saturated carbocycles. The third-order valence-corrected chi connectivity index (χ3v) is 2.39. The maximum Gasteiger partial charge on any atom is 0.118 e. The van der Waals surface area contributed by atoms with E-state index in [9.17, 15) is 4.39 Å². The van der Waals surface area contributed by atoms with Crippen molar-refractivity contribution >= 4 is 0 Å². The van der Waals surface area contributed by atoms with Crippen LogP contribution < -0.4 is 0 Å². The fourth-order valence-corrected chi connectivity index (χ4v) is 1.43. The lowest BCUT2D eigenvalue weighted by molar-refractivity contribution is 0.115. The van der Waals surface area contributed by atoms with E-state index in [-0.39, 0.29) is 0 Å². The largest absolute Gasteiger partial charge is 0.377 e. The van der Waals surface area contributed by atoms with Crippen LogP contribution in [0, 0.1) is 0 Å². The Kier molecular flexibility index (Phi) is 6.50. The fraction of sp³-hybridized carbons (Fsp3) is 0.429. The second-order valence-corrected chi connectivity index (χ2v) is 3.79. The Morgan fingerprint density at radius 2 is 2.00 bits per heavy atom. The summed E-state index contributed by atoms with van der Waals surface area (Å²) in [5.74, 6) is 0. The van der Waals surface area contributed by atoms with Crippen molar-refractivity contribution in [3.05, 3.63) is 48.6 Å². The SMILES string of the molecule is C=C[C@@H](F)CCCCOCc1ccccc1. The first kappa shape index (κ1) is 12.9. The first-order valence-electron chi connectivity index (χ1n) is 5.71. The summed E-state index contributed by atoms with van der Waals surface area (Å²) in [5.41, 5.74) is 1.18. The maximum absolute atomic E-state index is 12.7. The molecule has 0 amide bonds. The number of rotatable bonds is 8. The molecule has 0 radical (unpaired) electrons. The minimum absolute atomic E-state index is 0.554. The highest BCUT2D eigenvalue weighted by Gasteiger charge is 1.99. The number of benzene rings is 1. The summed E-state index contributed by atoms with van der Waals surface area (Å²) >= 11 is 0. The van der Waals surface area contributed by atoms with Crippen molar-refractivity contribution in [2.24, 2.45) is 0 Å². The zero-order valence-electron chi connectivity index (χ0n) is 9.57. The van der Waals surface area contributed by atoms with Gasteiger partial charge in [-0.25, -0.2) is 4.39 Å². The average Bonchev–Trinajstić information content (AvgIpc) is 2.34. The fourth-order valence-electron chi connectivity index (χ4n) is 1.43. The lowest BCUT2D eigenvalue weighted by Crippen LogP contribution is -1.98. The summed E-state index contributed by atoms with van der Waals surface area (Å²) < 4.78 is 18.2. The minimum atomic E-state index is -0.867. The molecule has 1 aromatic rings. The van der Waals surface area contributed by atoms with Gasteiger partial charge in [0.1, 0.15) is 6.17 Å². The van der Waals surface area contributed by atoms with E-state index in [1.165, 1.54) is 11.6 Å². The van der Waals surface area contributed by atoms with Gasteiger partial charge in [-0.2, -0.15) is 0 Å². The van der Waals surface area contributed by atoms with Crippen LogP contribution in [0.1, 0.15) is 24.8 Å². The van der Waals surface area contributed by atoms with Crippen molar-refractivity contribution < 1.29 is 9.13 Å². The molecule has 0 heterocycles. The molecule has 0 saturated heterocycles. The number of hydrogen-bond donors (Lipinski definition) is 0. The van der Waals surface area contributed by atoms with Crippen LogP contribution in [0.4, 0.5) is 4.39 Å². The molecule has 0 fully saturated rings. The number of unbranched alkanes of at least 4 members (excludes halogenated alkanes) is 1. The zero-order valence-corrected chi connectivity index (χ0v) is 9.57. The minimum Gasteiger partial charge on any atom is -0.377 e. The molecular formula is C14H19FO. The molecular weight excluding hydrogens is 203 g/mol. The highest BCUT2D eigenvalue weighted by molar-refractivity contribution is 5.13. The number of ether oxygens (including phenoxy) is 1. The summed E-state index contributed by atoms with van der Waals surface area (Å²) in [6, 6.07) is 10.1. The molecule has 0 aliphatic rings. The Morgan fingerprint density at radius 3 is 2.69 bits per heavy atom. The molecule has 1 rings (SSSR count). The van der Waals surface area contributed by atoms with Crippen LogP contribution in [0.3, 0.4) is 0 Å². The normalized spacial score (nSPS) is 12.3. The molecule has 1 atom stereocenters. The van der Waals surface area contributed by atoms with Gasteiger partial charge < -0.3 is 4.74 Å². The van der Waals surface area contributed by atoms with Crippen LogP contribution >= 0.6 is 0 Å². The van der Waals surface area contributed by atoms with Crippen LogP contribution in [-0.2, 0) is 11.3 Å². The van der Waals surface area contributed by atoms with Gasteiger partial charge in [0.2, 0.25) is 0 Å². The summed E-state index contributed by atoms with van der Waals surface area (Å²) in [6.45, 7) is 4.74. The highest BCUT2D eigenvalue weighted by Crippen LogP contribution is 2.06. The molecule has 0 spiro atoms. The molecule has 1 aromatic carbocycles. The molecule has 2 heteroatoms. The molecule has 0 aliphatic heterocycles. The van der Waals surface area contributed by atoms with Crippen LogP contribution in [0.2, 0.25) is 0 Å². The summed E-state index contributed by atoms with van der Waals surface area (Å²) in [7, 11) is 0. The number of halogens is 1. The summed E-state index contributed by atoms with van der Waals surface area (Å²) in [4.78, 5) is 0. The monoisotopic (exact) mass is 222 g/mol. The van der Waals surface area contributed by atoms with E-state index < -0.39 is 6.17 Å². The van der Waals surface area contributed by atoms with Gasteiger partial charge in [0.25, 0.3) is 0 Å². The van der Waals surface area contributed by atoms with Gasteiger partial charge in [-0.1, -0.05) is 36.4 Å². The summed E-state index contributed by atoms with van der Waals surface area (Å²) in [5, 5.41) is 0. The van der Waals surface area contributed by atoms with Gasteiger partial charge in [0.05, 0.1) is 6.61 Å². The van der Waals surface area contributed by atoms with Crippen molar-refractivity contribution in [3.8, 4) is 0 Å². The van der Waals surface area contributed by atoms with Crippen molar-refractivity contribution in [2.75, 3.05) is 6.61 Å². The molecule has 0 bridgehead atoms. The van der Waals surface area contributed by atoms with Crippen LogP contribution in [0.25, 0.3) is 0 Å².